The normalized spacial score (nSPS) is 21.1. The largest absolute Gasteiger partial charge is 0.508 e. The van der Waals surface area contributed by atoms with Gasteiger partial charge >= 0.3 is 0 Å². The number of methoxy groups -OCH3 is 1. The number of ether oxygens (including phenoxy) is 2. The lowest BCUT2D eigenvalue weighted by molar-refractivity contribution is -0.0546. The van der Waals surface area contributed by atoms with Crippen molar-refractivity contribution >= 4 is 0 Å². The van der Waals surface area contributed by atoms with Gasteiger partial charge in [0.05, 0.1) is 19.3 Å². The van der Waals surface area contributed by atoms with E-state index in [0.29, 0.717) is 11.9 Å². The highest BCUT2D eigenvalue weighted by atomic mass is 16.5. The van der Waals surface area contributed by atoms with Crippen LogP contribution in [0.25, 0.3) is 0 Å². The Morgan fingerprint density at radius 2 is 1.78 bits per heavy atom. The molecule has 0 saturated carbocycles. The van der Waals surface area contributed by atoms with Crippen molar-refractivity contribution in [3.05, 3.63) is 59.7 Å². The van der Waals surface area contributed by atoms with Crippen molar-refractivity contribution in [2.45, 2.75) is 44.3 Å². The molecule has 3 nitrogen and oxygen atoms in total. The summed E-state index contributed by atoms with van der Waals surface area (Å²) in [6.07, 6.45) is 5.94. The summed E-state index contributed by atoms with van der Waals surface area (Å²) in [5, 5.41) is 9.34. The molecule has 1 aliphatic rings. The van der Waals surface area contributed by atoms with Crippen molar-refractivity contribution in [2.75, 3.05) is 7.11 Å². The fourth-order valence-corrected chi connectivity index (χ4v) is 3.17. The lowest BCUT2D eigenvalue weighted by atomic mass is 9.95. The van der Waals surface area contributed by atoms with E-state index in [1.54, 1.807) is 19.2 Å². The highest BCUT2D eigenvalue weighted by Crippen LogP contribution is 2.33. The van der Waals surface area contributed by atoms with Crippen molar-refractivity contribution < 1.29 is 14.6 Å². The highest BCUT2D eigenvalue weighted by molar-refractivity contribution is 5.29. The predicted octanol–water partition coefficient (Wildman–Crippen LogP) is 4.64. The molecule has 0 spiro atoms. The first-order chi connectivity index (χ1) is 11.2. The Labute approximate surface area is 137 Å². The zero-order valence-electron chi connectivity index (χ0n) is 13.6. The summed E-state index contributed by atoms with van der Waals surface area (Å²) in [6.45, 7) is 0. The second-order valence-corrected chi connectivity index (χ2v) is 6.16. The minimum Gasteiger partial charge on any atom is -0.508 e. The molecule has 0 aromatic heterocycles. The molecule has 1 aliphatic heterocycles. The number of benzene rings is 2. The van der Waals surface area contributed by atoms with E-state index in [-0.39, 0.29) is 6.10 Å². The Bertz CT molecular complexity index is 604. The smallest absolute Gasteiger partial charge is 0.118 e. The van der Waals surface area contributed by atoms with Crippen molar-refractivity contribution in [1.82, 2.24) is 0 Å². The van der Waals surface area contributed by atoms with Crippen LogP contribution in [0.5, 0.6) is 11.5 Å². The zero-order chi connectivity index (χ0) is 16.1. The van der Waals surface area contributed by atoms with Gasteiger partial charge in [0.1, 0.15) is 11.5 Å². The summed E-state index contributed by atoms with van der Waals surface area (Å²) in [7, 11) is 1.69. The van der Waals surface area contributed by atoms with Crippen LogP contribution in [0.1, 0.15) is 42.9 Å². The maximum atomic E-state index is 9.34. The average Bonchev–Trinajstić information content (AvgIpc) is 2.61. The van der Waals surface area contributed by atoms with Crippen LogP contribution in [0.4, 0.5) is 0 Å². The van der Waals surface area contributed by atoms with E-state index < -0.39 is 0 Å². The van der Waals surface area contributed by atoms with E-state index >= 15 is 0 Å². The molecule has 2 aromatic rings. The SMILES string of the molecule is COc1ccc([C@@H]2CCC[C@@H](CCc3ccc(O)cc3)O2)cc1. The topological polar surface area (TPSA) is 38.7 Å². The van der Waals surface area contributed by atoms with Gasteiger partial charge in [0.25, 0.3) is 0 Å². The zero-order valence-corrected chi connectivity index (χ0v) is 13.6. The first-order valence-corrected chi connectivity index (χ1v) is 8.32. The van der Waals surface area contributed by atoms with E-state index in [2.05, 4.69) is 12.1 Å². The van der Waals surface area contributed by atoms with Gasteiger partial charge in [-0.2, -0.15) is 0 Å². The molecule has 122 valence electrons. The van der Waals surface area contributed by atoms with E-state index in [9.17, 15) is 5.11 Å². The Morgan fingerprint density at radius 1 is 1.04 bits per heavy atom. The molecule has 0 bridgehead atoms. The van der Waals surface area contributed by atoms with Crippen LogP contribution in [0.15, 0.2) is 48.5 Å². The first-order valence-electron chi connectivity index (χ1n) is 8.32. The second-order valence-electron chi connectivity index (χ2n) is 6.16. The summed E-state index contributed by atoms with van der Waals surface area (Å²) in [6, 6.07) is 15.7. The van der Waals surface area contributed by atoms with Gasteiger partial charge in [-0.05, 0) is 67.5 Å². The monoisotopic (exact) mass is 312 g/mol. The van der Waals surface area contributed by atoms with Gasteiger partial charge in [-0.25, -0.2) is 0 Å². The lowest BCUT2D eigenvalue weighted by Gasteiger charge is -2.30. The fourth-order valence-electron chi connectivity index (χ4n) is 3.17. The van der Waals surface area contributed by atoms with Gasteiger partial charge in [-0.15, -0.1) is 0 Å². The number of phenols is 1. The van der Waals surface area contributed by atoms with E-state index in [4.69, 9.17) is 9.47 Å². The number of rotatable bonds is 5. The van der Waals surface area contributed by atoms with Gasteiger partial charge in [0, 0.05) is 0 Å². The van der Waals surface area contributed by atoms with Crippen LogP contribution < -0.4 is 4.74 Å². The lowest BCUT2D eigenvalue weighted by Crippen LogP contribution is -2.23. The Balaban J connectivity index is 1.56. The van der Waals surface area contributed by atoms with Crippen LogP contribution >= 0.6 is 0 Å². The van der Waals surface area contributed by atoms with E-state index in [1.165, 1.54) is 17.5 Å². The molecule has 2 aromatic carbocycles. The van der Waals surface area contributed by atoms with Gasteiger partial charge in [-0.1, -0.05) is 24.3 Å². The molecule has 2 atom stereocenters. The quantitative estimate of drug-likeness (QED) is 0.874. The number of hydrogen-bond acceptors (Lipinski definition) is 3. The van der Waals surface area contributed by atoms with Crippen molar-refractivity contribution in [2.24, 2.45) is 0 Å². The van der Waals surface area contributed by atoms with Crippen molar-refractivity contribution in [3.63, 3.8) is 0 Å². The molecule has 0 unspecified atom stereocenters. The summed E-state index contributed by atoms with van der Waals surface area (Å²) in [4.78, 5) is 0. The third kappa shape index (κ3) is 4.26. The Morgan fingerprint density at radius 3 is 2.48 bits per heavy atom. The minimum atomic E-state index is 0.194. The molecule has 1 heterocycles. The molecule has 0 aliphatic carbocycles. The third-order valence-electron chi connectivity index (χ3n) is 4.53. The molecule has 1 N–H and O–H groups in total. The molecule has 3 rings (SSSR count). The molecule has 1 saturated heterocycles. The standard InChI is InChI=1S/C20H24O3/c1-22-18-13-8-16(9-14-18)20-4-2-3-19(23-20)12-7-15-5-10-17(21)11-6-15/h5-6,8-11,13-14,19-21H,2-4,7,12H2,1H3/t19-,20-/m0/s1. The van der Waals surface area contributed by atoms with Crippen LogP contribution in [-0.4, -0.2) is 18.3 Å². The fraction of sp³-hybridized carbons (Fsp3) is 0.400. The maximum absolute atomic E-state index is 9.34. The average molecular weight is 312 g/mol. The molecular weight excluding hydrogens is 288 g/mol. The molecule has 3 heteroatoms. The maximum Gasteiger partial charge on any atom is 0.118 e. The molecule has 0 radical (unpaired) electrons. The number of phenolic OH excluding ortho intramolecular Hbond substituents is 1. The number of hydrogen-bond donors (Lipinski definition) is 1. The van der Waals surface area contributed by atoms with E-state index in [1.807, 2.05) is 24.3 Å². The van der Waals surface area contributed by atoms with Gasteiger partial charge in [0.2, 0.25) is 0 Å². The number of aryl methyl sites for hydroxylation is 1. The molecule has 0 amide bonds. The van der Waals surface area contributed by atoms with Gasteiger partial charge < -0.3 is 14.6 Å². The molecular formula is C20H24O3. The van der Waals surface area contributed by atoms with Gasteiger partial charge in [0.15, 0.2) is 0 Å². The first kappa shape index (κ1) is 15.9. The molecule has 23 heavy (non-hydrogen) atoms. The number of aromatic hydroxyl groups is 1. The minimum absolute atomic E-state index is 0.194. The van der Waals surface area contributed by atoms with Gasteiger partial charge in [-0.3, -0.25) is 0 Å². The van der Waals surface area contributed by atoms with Crippen LogP contribution in [0.3, 0.4) is 0 Å². The van der Waals surface area contributed by atoms with Crippen LogP contribution in [0.2, 0.25) is 0 Å². The predicted molar refractivity (Wildman–Crippen MR) is 90.9 cm³/mol. The Hall–Kier alpha value is -2.00. The summed E-state index contributed by atoms with van der Waals surface area (Å²) in [5.41, 5.74) is 2.48. The van der Waals surface area contributed by atoms with Crippen LogP contribution in [-0.2, 0) is 11.2 Å². The third-order valence-corrected chi connectivity index (χ3v) is 4.53. The molecule has 1 fully saturated rings. The summed E-state index contributed by atoms with van der Waals surface area (Å²) >= 11 is 0. The van der Waals surface area contributed by atoms with Crippen molar-refractivity contribution in [1.29, 1.82) is 0 Å². The van der Waals surface area contributed by atoms with Crippen molar-refractivity contribution in [3.8, 4) is 11.5 Å². The Kier molecular flexibility index (Phi) is 5.19. The second kappa shape index (κ2) is 7.51. The van der Waals surface area contributed by atoms with Crippen LogP contribution in [0, 0.1) is 0 Å². The highest BCUT2D eigenvalue weighted by Gasteiger charge is 2.23. The summed E-state index contributed by atoms with van der Waals surface area (Å²) in [5.74, 6) is 1.20. The van der Waals surface area contributed by atoms with E-state index in [0.717, 1.165) is 31.4 Å². The summed E-state index contributed by atoms with van der Waals surface area (Å²) < 4.78 is 11.5.